The van der Waals surface area contributed by atoms with Crippen molar-refractivity contribution in [3.05, 3.63) is 70.1 Å². The predicted molar refractivity (Wildman–Crippen MR) is 133 cm³/mol. The number of halogens is 2. The van der Waals surface area contributed by atoms with Gasteiger partial charge in [-0.1, -0.05) is 6.92 Å². The molecule has 4 rings (SSSR count). The fourth-order valence-corrected chi connectivity index (χ4v) is 5.71. The summed E-state index contributed by atoms with van der Waals surface area (Å²) in [6, 6.07) is 7.00. The highest BCUT2D eigenvalue weighted by Crippen LogP contribution is 2.39. The minimum Gasteiger partial charge on any atom is -0.496 e. The van der Waals surface area contributed by atoms with Crippen molar-refractivity contribution in [1.82, 2.24) is 14.7 Å². The highest BCUT2D eigenvalue weighted by Gasteiger charge is 2.39. The third-order valence-corrected chi connectivity index (χ3v) is 7.62. The summed E-state index contributed by atoms with van der Waals surface area (Å²) in [5, 5.41) is 0. The number of sulfonamides is 1. The Balaban J connectivity index is 1.84. The number of carbonyl (C=O) groups excluding carboxylic acids is 1. The van der Waals surface area contributed by atoms with Crippen LogP contribution in [0.15, 0.2) is 52.3 Å². The molecule has 0 spiro atoms. The molecule has 1 saturated heterocycles. The van der Waals surface area contributed by atoms with Crippen LogP contribution in [-0.4, -0.2) is 43.5 Å². The lowest BCUT2D eigenvalue weighted by Gasteiger charge is -2.34. The van der Waals surface area contributed by atoms with Gasteiger partial charge in [0.15, 0.2) is 16.5 Å². The minimum absolute atomic E-state index is 0.0366. The van der Waals surface area contributed by atoms with Crippen LogP contribution in [0.25, 0.3) is 11.3 Å². The molecular formula is C25H26F2N4O5S. The molecule has 1 aliphatic rings. The molecule has 0 radical (unpaired) electrons. The van der Waals surface area contributed by atoms with Gasteiger partial charge >= 0.3 is 0 Å². The number of ether oxygens (including phenoxy) is 1. The molecular weight excluding hydrogens is 506 g/mol. The van der Waals surface area contributed by atoms with Crippen LogP contribution in [0.5, 0.6) is 5.75 Å². The molecule has 0 unspecified atom stereocenters. The SMILES string of the molecule is COc1cc(F)c(F)cc1-c1ccc(C(=O)NS(=O)(=O)c2ccc[nH]c2=O)c(N2C[C@@H](C)CC2(C)C)n1. The Morgan fingerprint density at radius 2 is 1.92 bits per heavy atom. The minimum atomic E-state index is -4.50. The number of aromatic amines is 1. The monoisotopic (exact) mass is 532 g/mol. The molecule has 3 heterocycles. The first-order valence-electron chi connectivity index (χ1n) is 11.4. The average molecular weight is 533 g/mol. The standard InChI is InChI=1S/C25H26F2N4O5S/c1-14-12-25(2,3)31(13-14)22-15(23(32)30-37(34,35)21-6-5-9-28-24(21)33)7-8-19(29-22)16-10-17(26)18(27)11-20(16)36-4/h5-11,14H,12-13H2,1-4H3,(H,28,33)(H,30,32)/t14-/m0/s1. The van der Waals surface area contributed by atoms with Crippen molar-refractivity contribution in [1.29, 1.82) is 0 Å². The van der Waals surface area contributed by atoms with E-state index >= 15 is 0 Å². The van der Waals surface area contributed by atoms with Gasteiger partial charge in [0, 0.05) is 29.9 Å². The Hall–Kier alpha value is -3.80. The summed E-state index contributed by atoms with van der Waals surface area (Å²) in [4.78, 5) is 33.4. The Labute approximate surface area is 212 Å². The zero-order chi connectivity index (χ0) is 27.1. The number of aromatic nitrogens is 2. The molecule has 12 heteroatoms. The summed E-state index contributed by atoms with van der Waals surface area (Å²) in [5.41, 5.74) is -1.05. The second kappa shape index (κ2) is 9.58. The molecule has 2 aromatic heterocycles. The zero-order valence-electron chi connectivity index (χ0n) is 20.6. The Kier molecular flexibility index (Phi) is 6.80. The number of amides is 1. The summed E-state index contributed by atoms with van der Waals surface area (Å²) in [7, 11) is -3.20. The topological polar surface area (TPSA) is 121 Å². The molecule has 2 N–H and O–H groups in total. The molecule has 1 fully saturated rings. The van der Waals surface area contributed by atoms with Crippen LogP contribution in [0, 0.1) is 17.6 Å². The lowest BCUT2D eigenvalue weighted by molar-refractivity contribution is 0.0981. The summed E-state index contributed by atoms with van der Waals surface area (Å²) < 4.78 is 60.7. The van der Waals surface area contributed by atoms with E-state index in [1.54, 1.807) is 0 Å². The van der Waals surface area contributed by atoms with Gasteiger partial charge in [-0.05, 0) is 56.5 Å². The number of rotatable bonds is 6. The maximum atomic E-state index is 14.1. The Bertz CT molecular complexity index is 1540. The molecule has 0 bridgehead atoms. The van der Waals surface area contributed by atoms with E-state index in [2.05, 4.69) is 9.97 Å². The lowest BCUT2D eigenvalue weighted by atomic mass is 9.97. The van der Waals surface area contributed by atoms with Crippen molar-refractivity contribution in [2.75, 3.05) is 18.6 Å². The first kappa shape index (κ1) is 26.3. The number of benzene rings is 1. The molecule has 0 saturated carbocycles. The van der Waals surface area contributed by atoms with Crippen LogP contribution in [0.2, 0.25) is 0 Å². The quantitative estimate of drug-likeness (QED) is 0.499. The predicted octanol–water partition coefficient (Wildman–Crippen LogP) is 3.47. The smallest absolute Gasteiger partial charge is 0.269 e. The van der Waals surface area contributed by atoms with Gasteiger partial charge < -0.3 is 14.6 Å². The molecule has 1 aliphatic heterocycles. The first-order valence-corrected chi connectivity index (χ1v) is 12.9. The normalized spacial score (nSPS) is 17.0. The number of methoxy groups -OCH3 is 1. The van der Waals surface area contributed by atoms with Crippen molar-refractivity contribution < 1.29 is 26.7 Å². The molecule has 1 aromatic carbocycles. The highest BCUT2D eigenvalue weighted by atomic mass is 32.2. The number of hydrogen-bond acceptors (Lipinski definition) is 7. The van der Waals surface area contributed by atoms with Gasteiger partial charge in [0.1, 0.15) is 11.6 Å². The lowest BCUT2D eigenvalue weighted by Crippen LogP contribution is -2.41. The fraction of sp³-hybridized carbons (Fsp3) is 0.320. The van der Waals surface area contributed by atoms with Crippen LogP contribution in [0.4, 0.5) is 14.6 Å². The van der Waals surface area contributed by atoms with E-state index in [1.165, 1.54) is 31.5 Å². The third-order valence-electron chi connectivity index (χ3n) is 6.27. The Morgan fingerprint density at radius 3 is 2.54 bits per heavy atom. The largest absolute Gasteiger partial charge is 0.496 e. The van der Waals surface area contributed by atoms with Crippen molar-refractivity contribution in [2.24, 2.45) is 5.92 Å². The van der Waals surface area contributed by atoms with Crippen LogP contribution in [0.1, 0.15) is 37.6 Å². The van der Waals surface area contributed by atoms with Crippen molar-refractivity contribution in [3.63, 3.8) is 0 Å². The van der Waals surface area contributed by atoms with Crippen molar-refractivity contribution in [2.45, 2.75) is 37.6 Å². The number of nitrogens with zero attached hydrogens (tertiary/aromatic N) is 2. The first-order chi connectivity index (χ1) is 17.3. The average Bonchev–Trinajstić information content (AvgIpc) is 3.11. The van der Waals surface area contributed by atoms with Crippen LogP contribution in [-0.2, 0) is 10.0 Å². The van der Waals surface area contributed by atoms with E-state index in [4.69, 9.17) is 4.74 Å². The summed E-state index contributed by atoms with van der Waals surface area (Å²) in [6.07, 6.45) is 2.04. The third kappa shape index (κ3) is 5.06. The van der Waals surface area contributed by atoms with Gasteiger partial charge in [-0.3, -0.25) is 9.59 Å². The molecule has 37 heavy (non-hydrogen) atoms. The molecule has 3 aromatic rings. The molecule has 0 aliphatic carbocycles. The second-order valence-electron chi connectivity index (χ2n) is 9.56. The highest BCUT2D eigenvalue weighted by molar-refractivity contribution is 7.90. The van der Waals surface area contributed by atoms with Gasteiger partial charge in [-0.2, -0.15) is 0 Å². The van der Waals surface area contributed by atoms with Gasteiger partial charge in [0.25, 0.3) is 21.5 Å². The molecule has 196 valence electrons. The number of hydrogen-bond donors (Lipinski definition) is 2. The van der Waals surface area contributed by atoms with E-state index in [-0.39, 0.29) is 34.3 Å². The number of carbonyl (C=O) groups is 1. The van der Waals surface area contributed by atoms with E-state index in [9.17, 15) is 26.8 Å². The second-order valence-corrected chi connectivity index (χ2v) is 11.2. The van der Waals surface area contributed by atoms with Crippen molar-refractivity contribution >= 4 is 21.7 Å². The fourth-order valence-electron chi connectivity index (χ4n) is 4.69. The van der Waals surface area contributed by atoms with Gasteiger partial charge in [0.05, 0.1) is 18.4 Å². The van der Waals surface area contributed by atoms with E-state index in [0.29, 0.717) is 6.54 Å². The summed E-state index contributed by atoms with van der Waals surface area (Å²) in [5.74, 6) is -2.75. The number of nitrogens with one attached hydrogen (secondary N) is 2. The van der Waals surface area contributed by atoms with E-state index in [1.807, 2.05) is 30.4 Å². The Morgan fingerprint density at radius 1 is 1.22 bits per heavy atom. The zero-order valence-corrected chi connectivity index (χ0v) is 21.4. The number of anilines is 1. The van der Waals surface area contributed by atoms with Gasteiger partial charge in [-0.25, -0.2) is 26.9 Å². The maximum absolute atomic E-state index is 14.1. The summed E-state index contributed by atoms with van der Waals surface area (Å²) >= 11 is 0. The van der Waals surface area contributed by atoms with E-state index in [0.717, 1.165) is 24.6 Å². The van der Waals surface area contributed by atoms with Crippen molar-refractivity contribution in [3.8, 4) is 17.0 Å². The van der Waals surface area contributed by atoms with Gasteiger partial charge in [0.2, 0.25) is 0 Å². The maximum Gasteiger partial charge on any atom is 0.269 e. The van der Waals surface area contributed by atoms with Gasteiger partial charge in [-0.15, -0.1) is 0 Å². The molecule has 1 atom stereocenters. The molecule has 1 amide bonds. The van der Waals surface area contributed by atoms with E-state index < -0.39 is 43.6 Å². The van der Waals surface area contributed by atoms with Crippen LogP contribution in [0.3, 0.4) is 0 Å². The number of pyridine rings is 2. The molecule has 9 nitrogen and oxygen atoms in total. The summed E-state index contributed by atoms with van der Waals surface area (Å²) in [6.45, 7) is 6.48. The number of H-pyrrole nitrogens is 1. The van der Waals surface area contributed by atoms with Crippen LogP contribution < -0.4 is 19.9 Å². The van der Waals surface area contributed by atoms with Crippen LogP contribution >= 0.6 is 0 Å².